The Morgan fingerprint density at radius 3 is 1.74 bits per heavy atom. The van der Waals surface area contributed by atoms with Crippen LogP contribution < -0.4 is 10.6 Å². The molecule has 0 radical (unpaired) electrons. The number of amides is 4. The van der Waals surface area contributed by atoms with Gasteiger partial charge in [0.05, 0.1) is 63.3 Å². The second-order valence-electron chi connectivity index (χ2n) is 14.8. The second kappa shape index (κ2) is 17.0. The highest BCUT2D eigenvalue weighted by Gasteiger charge is 2.39. The number of H-pyrrole nitrogens is 2. The van der Waals surface area contributed by atoms with Crippen molar-refractivity contribution in [1.82, 2.24) is 40.4 Å². The third kappa shape index (κ3) is 8.39. The summed E-state index contributed by atoms with van der Waals surface area (Å²) in [4.78, 5) is 70.5. The topological polar surface area (TPSA) is 193 Å². The Hall–Kier alpha value is -4.96. The Morgan fingerprint density at radius 1 is 0.741 bits per heavy atom. The second-order valence-corrected chi connectivity index (χ2v) is 14.8. The van der Waals surface area contributed by atoms with Gasteiger partial charge in [0.1, 0.15) is 35.9 Å². The summed E-state index contributed by atoms with van der Waals surface area (Å²) >= 11 is 0. The molecule has 3 aliphatic heterocycles. The van der Waals surface area contributed by atoms with Gasteiger partial charge in [0, 0.05) is 13.1 Å². The van der Waals surface area contributed by atoms with Gasteiger partial charge in [-0.2, -0.15) is 0 Å². The number of hydrogen-bond donors (Lipinski definition) is 4. The number of aromatic amines is 2. The number of nitrogens with one attached hydrogen (secondary N) is 4. The number of methoxy groups -OCH3 is 2. The number of benzene rings is 1. The van der Waals surface area contributed by atoms with Crippen LogP contribution in [-0.2, 0) is 28.5 Å². The molecule has 6 atom stereocenters. The minimum Gasteiger partial charge on any atom is -0.453 e. The molecule has 6 rings (SSSR count). The summed E-state index contributed by atoms with van der Waals surface area (Å²) in [5.41, 5.74) is 3.54. The Labute approximate surface area is 315 Å². The van der Waals surface area contributed by atoms with E-state index in [-0.39, 0.29) is 47.9 Å². The van der Waals surface area contributed by atoms with E-state index in [1.54, 1.807) is 22.2 Å². The molecule has 0 spiro atoms. The lowest BCUT2D eigenvalue weighted by molar-refractivity contribution is -0.138. The highest BCUT2D eigenvalue weighted by Crippen LogP contribution is 2.36. The monoisotopic (exact) mass is 748 g/mol. The zero-order chi connectivity index (χ0) is 38.5. The standard InChI is InChI=1S/C38H52N8O8/c1-21(2)31(43-37(49)51-5)35(47)45-15-7-9-27(45)33-39-17-25(41-33)23-11-13-24(14-12-23)29-19-54-30(20-53-29)26-18-40-34(42-26)28-10-8-16-46(28)36(48)32(22(3)4)44-38(50)52-6/h11-14,17-18,21-22,27-32H,7-10,15-16,19-20H2,1-6H3,(H,39,41)(H,40,42)(H,43,49)(H,44,50)/t27-,28-,29?,30?,31-,32-/m1/s1. The summed E-state index contributed by atoms with van der Waals surface area (Å²) in [7, 11) is 2.56. The lowest BCUT2D eigenvalue weighted by Gasteiger charge is -2.30. The molecule has 0 aliphatic carbocycles. The summed E-state index contributed by atoms with van der Waals surface area (Å²) in [5, 5.41) is 5.37. The molecule has 5 heterocycles. The number of carbonyl (C=O) groups is 4. The first-order valence-electron chi connectivity index (χ1n) is 18.7. The van der Waals surface area contributed by atoms with Crippen molar-refractivity contribution in [2.24, 2.45) is 11.8 Å². The van der Waals surface area contributed by atoms with Crippen molar-refractivity contribution in [2.75, 3.05) is 40.5 Å². The Kier molecular flexibility index (Phi) is 12.2. The summed E-state index contributed by atoms with van der Waals surface area (Å²) in [6.07, 6.45) is 4.87. The molecule has 3 aromatic rings. The average molecular weight is 749 g/mol. The van der Waals surface area contributed by atoms with E-state index >= 15 is 0 Å². The van der Waals surface area contributed by atoms with E-state index in [0.717, 1.165) is 48.2 Å². The van der Waals surface area contributed by atoms with E-state index in [4.69, 9.17) is 18.9 Å². The third-order valence-electron chi connectivity index (χ3n) is 10.5. The maximum Gasteiger partial charge on any atom is 0.407 e. The van der Waals surface area contributed by atoms with Crippen LogP contribution in [0.1, 0.15) is 101 Å². The van der Waals surface area contributed by atoms with Crippen LogP contribution in [-0.4, -0.2) is 106 Å². The smallest absolute Gasteiger partial charge is 0.407 e. The molecule has 292 valence electrons. The number of aromatic nitrogens is 4. The largest absolute Gasteiger partial charge is 0.453 e. The normalized spacial score (nSPS) is 22.7. The van der Waals surface area contributed by atoms with E-state index in [1.807, 2.05) is 52.0 Å². The predicted molar refractivity (Wildman–Crippen MR) is 196 cm³/mol. The van der Waals surface area contributed by atoms with E-state index in [1.165, 1.54) is 14.2 Å². The number of rotatable bonds is 11. The molecule has 0 saturated carbocycles. The van der Waals surface area contributed by atoms with E-state index in [0.29, 0.717) is 38.0 Å². The van der Waals surface area contributed by atoms with Crippen LogP contribution in [0.15, 0.2) is 36.7 Å². The molecular weight excluding hydrogens is 696 g/mol. The van der Waals surface area contributed by atoms with Gasteiger partial charge in [-0.25, -0.2) is 19.6 Å². The van der Waals surface area contributed by atoms with Crippen LogP contribution >= 0.6 is 0 Å². The van der Waals surface area contributed by atoms with Crippen molar-refractivity contribution in [2.45, 2.75) is 89.8 Å². The third-order valence-corrected chi connectivity index (χ3v) is 10.5. The number of imidazole rings is 2. The number of hydrogen-bond acceptors (Lipinski definition) is 10. The maximum atomic E-state index is 13.5. The minimum atomic E-state index is -0.701. The van der Waals surface area contributed by atoms with Crippen molar-refractivity contribution in [3.8, 4) is 11.3 Å². The van der Waals surface area contributed by atoms with E-state index < -0.39 is 24.3 Å². The number of alkyl carbamates (subject to hydrolysis) is 2. The van der Waals surface area contributed by atoms with Gasteiger partial charge in [0.25, 0.3) is 0 Å². The van der Waals surface area contributed by atoms with Gasteiger partial charge in [-0.05, 0) is 48.6 Å². The van der Waals surface area contributed by atoms with Crippen LogP contribution in [0, 0.1) is 11.8 Å². The number of likely N-dealkylation sites (tertiary alicyclic amines) is 2. The summed E-state index contributed by atoms with van der Waals surface area (Å²) in [5.74, 6) is 0.857. The minimum absolute atomic E-state index is 0.110. The van der Waals surface area contributed by atoms with Crippen molar-refractivity contribution in [1.29, 1.82) is 0 Å². The van der Waals surface area contributed by atoms with Gasteiger partial charge in [-0.3, -0.25) is 9.59 Å². The van der Waals surface area contributed by atoms with Crippen LogP contribution in [0.25, 0.3) is 11.3 Å². The van der Waals surface area contributed by atoms with Gasteiger partial charge in [-0.1, -0.05) is 52.0 Å². The van der Waals surface area contributed by atoms with Crippen LogP contribution in [0.5, 0.6) is 0 Å². The first kappa shape index (κ1) is 38.8. The van der Waals surface area contributed by atoms with Gasteiger partial charge in [0.15, 0.2) is 0 Å². The SMILES string of the molecule is COC(=O)N[C@@H](C(=O)N1CCC[C@@H]1c1ncc(-c2ccc(C3COC(c4cnc([C@H]5CCCN5C(=O)[C@H](NC(=O)OC)C(C)C)[nH]4)CO3)cc2)[nH]1)C(C)C. The van der Waals surface area contributed by atoms with Crippen molar-refractivity contribution >= 4 is 24.0 Å². The fourth-order valence-electron chi connectivity index (χ4n) is 7.48. The van der Waals surface area contributed by atoms with Crippen LogP contribution in [0.4, 0.5) is 9.59 Å². The molecule has 4 amide bonds. The Balaban J connectivity index is 1.04. The lowest BCUT2D eigenvalue weighted by Crippen LogP contribution is -2.51. The molecule has 3 aliphatic rings. The maximum absolute atomic E-state index is 13.5. The molecule has 2 unspecified atom stereocenters. The van der Waals surface area contributed by atoms with Gasteiger partial charge in [0.2, 0.25) is 11.8 Å². The summed E-state index contributed by atoms with van der Waals surface area (Å²) in [6, 6.07) is 6.20. The number of carbonyl (C=O) groups excluding carboxylic acids is 4. The van der Waals surface area contributed by atoms with E-state index in [2.05, 4.69) is 30.6 Å². The number of ether oxygens (including phenoxy) is 4. The molecule has 3 saturated heterocycles. The van der Waals surface area contributed by atoms with Crippen molar-refractivity contribution in [3.05, 3.63) is 59.6 Å². The van der Waals surface area contributed by atoms with Gasteiger partial charge < -0.3 is 49.3 Å². The highest BCUT2D eigenvalue weighted by atomic mass is 16.6. The van der Waals surface area contributed by atoms with Crippen molar-refractivity contribution < 1.29 is 38.1 Å². The lowest BCUT2D eigenvalue weighted by atomic mass is 10.0. The molecule has 54 heavy (non-hydrogen) atoms. The fraction of sp³-hybridized carbons (Fsp3) is 0.579. The molecule has 3 fully saturated rings. The zero-order valence-corrected chi connectivity index (χ0v) is 31.8. The predicted octanol–water partition coefficient (Wildman–Crippen LogP) is 4.72. The van der Waals surface area contributed by atoms with Crippen LogP contribution in [0.3, 0.4) is 0 Å². The molecule has 2 aromatic heterocycles. The Bertz CT molecular complexity index is 1770. The highest BCUT2D eigenvalue weighted by molar-refractivity contribution is 5.87. The quantitative estimate of drug-likeness (QED) is 0.213. The molecule has 16 heteroatoms. The Morgan fingerprint density at radius 2 is 1.24 bits per heavy atom. The molecule has 0 bridgehead atoms. The summed E-state index contributed by atoms with van der Waals surface area (Å²) < 4.78 is 22.0. The zero-order valence-electron chi connectivity index (χ0n) is 31.8. The molecule has 4 N–H and O–H groups in total. The molecule has 16 nitrogen and oxygen atoms in total. The van der Waals surface area contributed by atoms with Gasteiger partial charge in [-0.15, -0.1) is 0 Å². The van der Waals surface area contributed by atoms with Gasteiger partial charge >= 0.3 is 12.2 Å². The molecular formula is C38H52N8O8. The molecule has 1 aromatic carbocycles. The van der Waals surface area contributed by atoms with Crippen LogP contribution in [0.2, 0.25) is 0 Å². The first-order valence-corrected chi connectivity index (χ1v) is 18.7. The van der Waals surface area contributed by atoms with Crippen molar-refractivity contribution in [3.63, 3.8) is 0 Å². The average Bonchev–Trinajstić information content (AvgIpc) is 4.02. The first-order chi connectivity index (χ1) is 26.0. The number of nitrogens with zero attached hydrogens (tertiary/aromatic N) is 4. The summed E-state index contributed by atoms with van der Waals surface area (Å²) in [6.45, 7) is 9.41. The van der Waals surface area contributed by atoms with E-state index in [9.17, 15) is 19.2 Å². The fourth-order valence-corrected chi connectivity index (χ4v) is 7.48.